The summed E-state index contributed by atoms with van der Waals surface area (Å²) < 4.78 is 0. The highest BCUT2D eigenvalue weighted by Gasteiger charge is 2.29. The number of rotatable bonds is 1. The van der Waals surface area contributed by atoms with Crippen molar-refractivity contribution < 1.29 is 9.72 Å². The predicted molar refractivity (Wildman–Crippen MR) is 67.1 cm³/mol. The zero-order valence-corrected chi connectivity index (χ0v) is 9.73. The average Bonchev–Trinajstić information content (AvgIpc) is 2.93. The molecule has 0 atom stereocenters. The maximum absolute atomic E-state index is 12.0. The summed E-state index contributed by atoms with van der Waals surface area (Å²) in [6.07, 6.45) is 4.03. The first-order valence-electron chi connectivity index (χ1n) is 5.99. The van der Waals surface area contributed by atoms with Crippen molar-refractivity contribution in [3.63, 3.8) is 0 Å². The standard InChI is InChI=1S/C13H12N2O3/c16-13-12(8-3-1-2-4-8)10-7-9(15(17)18)5-6-11(10)14-13/h5-7H,1-4H2,(H,14,16). The lowest BCUT2D eigenvalue weighted by Crippen LogP contribution is -2.05. The van der Waals surface area contributed by atoms with Crippen molar-refractivity contribution in [1.29, 1.82) is 0 Å². The van der Waals surface area contributed by atoms with Gasteiger partial charge in [0.1, 0.15) is 0 Å². The maximum atomic E-state index is 12.0. The predicted octanol–water partition coefficient (Wildman–Crippen LogP) is 2.87. The Balaban J connectivity index is 2.16. The minimum Gasteiger partial charge on any atom is -0.321 e. The number of nitrogens with zero attached hydrogens (tertiary/aromatic N) is 1. The summed E-state index contributed by atoms with van der Waals surface area (Å²) in [6.45, 7) is 0. The Bertz CT molecular complexity index is 582. The van der Waals surface area contributed by atoms with Crippen LogP contribution in [0.15, 0.2) is 23.8 Å². The van der Waals surface area contributed by atoms with E-state index in [1.165, 1.54) is 12.1 Å². The van der Waals surface area contributed by atoms with Crippen molar-refractivity contribution in [2.75, 3.05) is 5.32 Å². The minimum absolute atomic E-state index is 0.0290. The van der Waals surface area contributed by atoms with Gasteiger partial charge in [-0.05, 0) is 31.7 Å². The summed E-state index contributed by atoms with van der Waals surface area (Å²) in [5, 5.41) is 13.6. The molecule has 1 aromatic rings. The van der Waals surface area contributed by atoms with E-state index in [4.69, 9.17) is 0 Å². The molecular formula is C13H12N2O3. The molecule has 0 spiro atoms. The molecule has 2 aliphatic rings. The second-order valence-electron chi connectivity index (χ2n) is 4.63. The average molecular weight is 244 g/mol. The van der Waals surface area contributed by atoms with E-state index < -0.39 is 4.92 Å². The third-order valence-electron chi connectivity index (χ3n) is 3.52. The van der Waals surface area contributed by atoms with E-state index in [1.807, 2.05) is 0 Å². The third-order valence-corrected chi connectivity index (χ3v) is 3.52. The van der Waals surface area contributed by atoms with Crippen LogP contribution in [0, 0.1) is 10.1 Å². The molecule has 1 heterocycles. The molecular weight excluding hydrogens is 232 g/mol. The summed E-state index contributed by atoms with van der Waals surface area (Å²) >= 11 is 0. The number of anilines is 1. The van der Waals surface area contributed by atoms with Crippen molar-refractivity contribution in [3.05, 3.63) is 39.4 Å². The van der Waals surface area contributed by atoms with Crippen LogP contribution >= 0.6 is 0 Å². The molecule has 3 rings (SSSR count). The van der Waals surface area contributed by atoms with Crippen LogP contribution in [0.4, 0.5) is 11.4 Å². The number of non-ortho nitro benzene ring substituents is 1. The highest BCUT2D eigenvalue weighted by molar-refractivity contribution is 6.32. The molecule has 1 aromatic carbocycles. The molecule has 1 fully saturated rings. The van der Waals surface area contributed by atoms with Crippen LogP contribution in [-0.4, -0.2) is 10.8 Å². The SMILES string of the molecule is O=C1Nc2ccc([N+](=O)[O-])cc2C1=C1CCCC1. The smallest absolute Gasteiger partial charge is 0.270 e. The van der Waals surface area contributed by atoms with E-state index >= 15 is 0 Å². The zero-order valence-electron chi connectivity index (χ0n) is 9.73. The number of benzene rings is 1. The highest BCUT2D eigenvalue weighted by Crippen LogP contribution is 2.40. The number of hydrogen-bond donors (Lipinski definition) is 1. The molecule has 0 bridgehead atoms. The van der Waals surface area contributed by atoms with E-state index in [0.29, 0.717) is 16.8 Å². The van der Waals surface area contributed by atoms with Crippen LogP contribution in [-0.2, 0) is 4.79 Å². The minimum atomic E-state index is -0.431. The molecule has 18 heavy (non-hydrogen) atoms. The van der Waals surface area contributed by atoms with Crippen molar-refractivity contribution in [2.24, 2.45) is 0 Å². The number of carbonyl (C=O) groups is 1. The molecule has 5 heteroatoms. The van der Waals surface area contributed by atoms with Crippen LogP contribution in [0.2, 0.25) is 0 Å². The number of carbonyl (C=O) groups excluding carboxylic acids is 1. The number of nitro benzene ring substituents is 1. The van der Waals surface area contributed by atoms with Crippen molar-refractivity contribution in [2.45, 2.75) is 25.7 Å². The first-order valence-corrected chi connectivity index (χ1v) is 5.99. The summed E-state index contributed by atoms with van der Waals surface area (Å²) in [7, 11) is 0. The van der Waals surface area contributed by atoms with Gasteiger partial charge in [-0.15, -0.1) is 0 Å². The molecule has 1 aliphatic heterocycles. The zero-order chi connectivity index (χ0) is 12.7. The van der Waals surface area contributed by atoms with Gasteiger partial charge in [0.2, 0.25) is 0 Å². The van der Waals surface area contributed by atoms with Crippen LogP contribution in [0.1, 0.15) is 31.2 Å². The Kier molecular flexibility index (Phi) is 2.40. The summed E-state index contributed by atoms with van der Waals surface area (Å²) in [5.74, 6) is -0.123. The van der Waals surface area contributed by atoms with Gasteiger partial charge in [0, 0.05) is 29.0 Å². The number of amides is 1. The van der Waals surface area contributed by atoms with Crippen molar-refractivity contribution >= 4 is 22.9 Å². The lowest BCUT2D eigenvalue weighted by atomic mass is 9.99. The Morgan fingerprint density at radius 3 is 2.61 bits per heavy atom. The van der Waals surface area contributed by atoms with Gasteiger partial charge in [-0.3, -0.25) is 14.9 Å². The molecule has 1 amide bonds. The van der Waals surface area contributed by atoms with Crippen LogP contribution < -0.4 is 5.32 Å². The summed E-state index contributed by atoms with van der Waals surface area (Å²) in [4.78, 5) is 22.3. The highest BCUT2D eigenvalue weighted by atomic mass is 16.6. The fraction of sp³-hybridized carbons (Fsp3) is 0.308. The lowest BCUT2D eigenvalue weighted by molar-refractivity contribution is -0.384. The van der Waals surface area contributed by atoms with Crippen LogP contribution in [0.3, 0.4) is 0 Å². The molecule has 0 radical (unpaired) electrons. The van der Waals surface area contributed by atoms with Crippen molar-refractivity contribution in [3.8, 4) is 0 Å². The first-order chi connectivity index (χ1) is 8.66. The van der Waals surface area contributed by atoms with Gasteiger partial charge in [-0.1, -0.05) is 5.57 Å². The van der Waals surface area contributed by atoms with Gasteiger partial charge in [0.15, 0.2) is 0 Å². The van der Waals surface area contributed by atoms with Crippen LogP contribution in [0.5, 0.6) is 0 Å². The topological polar surface area (TPSA) is 72.2 Å². The monoisotopic (exact) mass is 244 g/mol. The number of fused-ring (bicyclic) bond motifs is 1. The van der Waals surface area contributed by atoms with Gasteiger partial charge in [-0.25, -0.2) is 0 Å². The Labute approximate surface area is 104 Å². The Morgan fingerprint density at radius 2 is 1.94 bits per heavy atom. The molecule has 0 unspecified atom stereocenters. The normalized spacial score (nSPS) is 17.9. The number of hydrogen-bond acceptors (Lipinski definition) is 3. The molecule has 1 aliphatic carbocycles. The number of nitrogens with one attached hydrogen (secondary N) is 1. The number of allylic oxidation sites excluding steroid dienone is 1. The summed E-state index contributed by atoms with van der Waals surface area (Å²) in [6, 6.07) is 4.52. The molecule has 0 saturated heterocycles. The van der Waals surface area contributed by atoms with Crippen LogP contribution in [0.25, 0.3) is 5.57 Å². The fourth-order valence-corrected chi connectivity index (χ4v) is 2.67. The quantitative estimate of drug-likeness (QED) is 0.469. The van der Waals surface area contributed by atoms with Gasteiger partial charge < -0.3 is 5.32 Å². The van der Waals surface area contributed by atoms with E-state index in [1.54, 1.807) is 6.07 Å². The van der Waals surface area contributed by atoms with Gasteiger partial charge >= 0.3 is 0 Å². The second-order valence-corrected chi connectivity index (χ2v) is 4.63. The molecule has 5 nitrogen and oxygen atoms in total. The third kappa shape index (κ3) is 1.59. The van der Waals surface area contributed by atoms with E-state index in [0.717, 1.165) is 31.3 Å². The molecule has 92 valence electrons. The van der Waals surface area contributed by atoms with Gasteiger partial charge in [0.05, 0.1) is 4.92 Å². The second kappa shape index (κ2) is 3.94. The van der Waals surface area contributed by atoms with E-state index in [2.05, 4.69) is 5.32 Å². The Morgan fingerprint density at radius 1 is 1.22 bits per heavy atom. The molecule has 0 aromatic heterocycles. The lowest BCUT2D eigenvalue weighted by Gasteiger charge is -2.02. The largest absolute Gasteiger partial charge is 0.321 e. The maximum Gasteiger partial charge on any atom is 0.270 e. The van der Waals surface area contributed by atoms with Gasteiger partial charge in [-0.2, -0.15) is 0 Å². The fourth-order valence-electron chi connectivity index (χ4n) is 2.67. The van der Waals surface area contributed by atoms with Crippen molar-refractivity contribution in [1.82, 2.24) is 0 Å². The number of nitro groups is 1. The van der Waals surface area contributed by atoms with E-state index in [-0.39, 0.29) is 11.6 Å². The molecule has 1 N–H and O–H groups in total. The Hall–Kier alpha value is -2.17. The summed E-state index contributed by atoms with van der Waals surface area (Å²) in [5.41, 5.74) is 3.19. The van der Waals surface area contributed by atoms with E-state index in [9.17, 15) is 14.9 Å². The first kappa shape index (κ1) is 11.0. The molecule has 1 saturated carbocycles. The van der Waals surface area contributed by atoms with Gasteiger partial charge in [0.25, 0.3) is 11.6 Å².